The Hall–Kier alpha value is -1.27. The molecule has 0 fully saturated rings. The summed E-state index contributed by atoms with van der Waals surface area (Å²) in [5.74, 6) is 3.49. The largest absolute Gasteiger partial charge is 0.483 e. The number of rotatable bonds is 6. The van der Waals surface area contributed by atoms with Crippen molar-refractivity contribution >= 4 is 24.0 Å². The molecule has 2 rings (SSSR count). The summed E-state index contributed by atoms with van der Waals surface area (Å²) >= 11 is 6.79. The minimum atomic E-state index is 0.652. The topological polar surface area (TPSA) is 42.8 Å². The number of nitrogens with zero attached hydrogens (tertiary/aromatic N) is 2. The van der Waals surface area contributed by atoms with Crippen molar-refractivity contribution in [1.82, 2.24) is 14.8 Å². The molecule has 0 unspecified atom stereocenters. The van der Waals surface area contributed by atoms with Crippen LogP contribution < -0.4 is 4.74 Å². The molecule has 0 aliphatic carbocycles. The molecule has 0 amide bonds. The van der Waals surface area contributed by atoms with E-state index in [0.29, 0.717) is 10.7 Å². The number of benzene rings is 1. The number of nitrogens with one attached hydrogen (secondary N) is 1. The van der Waals surface area contributed by atoms with Crippen LogP contribution in [-0.2, 0) is 13.5 Å². The zero-order chi connectivity index (χ0) is 12.8. The fourth-order valence-corrected chi connectivity index (χ4v) is 2.27. The third kappa shape index (κ3) is 3.61. The van der Waals surface area contributed by atoms with Crippen molar-refractivity contribution in [1.29, 1.82) is 0 Å². The van der Waals surface area contributed by atoms with E-state index in [1.165, 1.54) is 0 Å². The minimum absolute atomic E-state index is 0.652. The number of hydrogen-bond donors (Lipinski definition) is 1. The number of H-pyrrole nitrogens is 1. The lowest BCUT2D eigenvalue weighted by Gasteiger charge is -2.05. The number of aryl methyl sites for hydroxylation is 1. The molecular weight excluding hydrogens is 266 g/mol. The molecule has 0 atom stereocenters. The van der Waals surface area contributed by atoms with Crippen LogP contribution in [0.3, 0.4) is 0 Å². The van der Waals surface area contributed by atoms with Gasteiger partial charge < -0.3 is 9.30 Å². The lowest BCUT2D eigenvalue weighted by molar-refractivity contribution is 0.393. The second-order valence-electron chi connectivity index (χ2n) is 3.74. The van der Waals surface area contributed by atoms with Gasteiger partial charge in [0.1, 0.15) is 17.5 Å². The van der Waals surface area contributed by atoms with Crippen molar-refractivity contribution in [3.8, 4) is 5.75 Å². The van der Waals surface area contributed by atoms with E-state index in [1.807, 2.05) is 41.9 Å². The lowest BCUT2D eigenvalue weighted by Crippen LogP contribution is -2.01. The van der Waals surface area contributed by atoms with Gasteiger partial charge in [-0.1, -0.05) is 18.2 Å². The average molecular weight is 281 g/mol. The lowest BCUT2D eigenvalue weighted by atomic mass is 10.3. The SMILES string of the molecule is Cn1c(CCSCOc2ccccc2)n[nH]c1=S. The van der Waals surface area contributed by atoms with Crippen LogP contribution in [0.5, 0.6) is 5.75 Å². The van der Waals surface area contributed by atoms with Crippen molar-refractivity contribution in [2.45, 2.75) is 6.42 Å². The Balaban J connectivity index is 1.68. The smallest absolute Gasteiger partial charge is 0.194 e. The molecule has 1 aromatic heterocycles. The fourth-order valence-electron chi connectivity index (χ4n) is 1.45. The first-order valence-corrected chi connectivity index (χ1v) is 7.19. The van der Waals surface area contributed by atoms with Gasteiger partial charge in [0, 0.05) is 19.2 Å². The van der Waals surface area contributed by atoms with E-state index < -0.39 is 0 Å². The molecule has 6 heteroatoms. The Morgan fingerprint density at radius 1 is 1.39 bits per heavy atom. The highest BCUT2D eigenvalue weighted by atomic mass is 32.2. The van der Waals surface area contributed by atoms with Crippen molar-refractivity contribution in [3.05, 3.63) is 40.9 Å². The monoisotopic (exact) mass is 281 g/mol. The molecular formula is C12H15N3OS2. The summed E-state index contributed by atoms with van der Waals surface area (Å²) in [5, 5.41) is 6.94. The first kappa shape index (κ1) is 13.2. The normalized spacial score (nSPS) is 10.5. The van der Waals surface area contributed by atoms with Gasteiger partial charge in [-0.25, -0.2) is 0 Å². The van der Waals surface area contributed by atoms with Crippen LogP contribution >= 0.6 is 24.0 Å². The molecule has 1 N–H and O–H groups in total. The molecule has 1 aromatic carbocycles. The Morgan fingerprint density at radius 3 is 2.83 bits per heavy atom. The van der Waals surface area contributed by atoms with Crippen LogP contribution in [0.4, 0.5) is 0 Å². The quantitative estimate of drug-likeness (QED) is 0.502. The van der Waals surface area contributed by atoms with Crippen molar-refractivity contribution in [2.24, 2.45) is 7.05 Å². The van der Waals surface area contributed by atoms with Crippen LogP contribution in [0.15, 0.2) is 30.3 Å². The maximum Gasteiger partial charge on any atom is 0.194 e. The molecule has 96 valence electrons. The van der Waals surface area contributed by atoms with Gasteiger partial charge in [-0.2, -0.15) is 5.10 Å². The molecule has 0 aliphatic rings. The van der Waals surface area contributed by atoms with E-state index >= 15 is 0 Å². The minimum Gasteiger partial charge on any atom is -0.483 e. The maximum absolute atomic E-state index is 5.59. The van der Waals surface area contributed by atoms with Gasteiger partial charge in [-0.15, -0.1) is 11.8 Å². The third-order valence-electron chi connectivity index (χ3n) is 2.49. The molecule has 0 radical (unpaired) electrons. The molecule has 0 aliphatic heterocycles. The molecule has 0 spiro atoms. The van der Waals surface area contributed by atoms with Gasteiger partial charge in [0.05, 0.1) is 0 Å². The van der Waals surface area contributed by atoms with Crippen LogP contribution in [0.25, 0.3) is 0 Å². The number of hydrogen-bond acceptors (Lipinski definition) is 4. The third-order valence-corrected chi connectivity index (χ3v) is 3.64. The molecule has 4 nitrogen and oxygen atoms in total. The Bertz CT molecular complexity index is 536. The second-order valence-corrected chi connectivity index (χ2v) is 5.18. The molecule has 0 saturated heterocycles. The number of aromatic nitrogens is 3. The predicted octanol–water partition coefficient (Wildman–Crippen LogP) is 2.79. The van der Waals surface area contributed by atoms with Crippen molar-refractivity contribution < 1.29 is 4.74 Å². The number of thioether (sulfide) groups is 1. The van der Waals surface area contributed by atoms with Gasteiger partial charge in [-0.05, 0) is 24.4 Å². The molecule has 1 heterocycles. The summed E-state index contributed by atoms with van der Waals surface area (Å²) in [6.07, 6.45) is 0.881. The number of para-hydroxylation sites is 1. The van der Waals surface area contributed by atoms with Crippen LogP contribution in [0.1, 0.15) is 5.82 Å². The average Bonchev–Trinajstić information content (AvgIpc) is 2.71. The first-order chi connectivity index (χ1) is 8.77. The van der Waals surface area contributed by atoms with Crippen LogP contribution in [-0.4, -0.2) is 26.5 Å². The van der Waals surface area contributed by atoms with E-state index in [-0.39, 0.29) is 0 Å². The van der Waals surface area contributed by atoms with Crippen molar-refractivity contribution in [2.75, 3.05) is 11.7 Å². The summed E-state index contributed by atoms with van der Waals surface area (Å²) in [6, 6.07) is 9.82. The van der Waals surface area contributed by atoms with Gasteiger partial charge in [-0.3, -0.25) is 5.10 Å². The highest BCUT2D eigenvalue weighted by Gasteiger charge is 2.01. The summed E-state index contributed by atoms with van der Waals surface area (Å²) < 4.78 is 8.15. The fraction of sp³-hybridized carbons (Fsp3) is 0.333. The molecule has 2 aromatic rings. The van der Waals surface area contributed by atoms with Crippen LogP contribution in [0, 0.1) is 4.77 Å². The predicted molar refractivity (Wildman–Crippen MR) is 76.5 cm³/mol. The van der Waals surface area contributed by atoms with E-state index in [9.17, 15) is 0 Å². The number of aromatic amines is 1. The van der Waals surface area contributed by atoms with E-state index in [2.05, 4.69) is 10.2 Å². The Kier molecular flexibility index (Phi) is 4.83. The Labute approximate surface area is 115 Å². The molecule has 18 heavy (non-hydrogen) atoms. The summed E-state index contributed by atoms with van der Waals surface area (Å²) in [7, 11) is 1.92. The number of ether oxygens (including phenoxy) is 1. The Morgan fingerprint density at radius 2 is 2.17 bits per heavy atom. The standard InChI is InChI=1S/C12H15N3OS2/c1-15-11(13-14-12(15)17)7-8-18-9-16-10-5-3-2-4-6-10/h2-6H,7-9H2,1H3,(H,14,17). The highest BCUT2D eigenvalue weighted by molar-refractivity contribution is 7.99. The summed E-state index contributed by atoms with van der Waals surface area (Å²) in [4.78, 5) is 0. The zero-order valence-electron chi connectivity index (χ0n) is 10.1. The van der Waals surface area contributed by atoms with Gasteiger partial charge in [0.15, 0.2) is 4.77 Å². The maximum atomic E-state index is 5.59. The summed E-state index contributed by atoms with van der Waals surface area (Å²) in [6.45, 7) is 0. The van der Waals surface area contributed by atoms with Gasteiger partial charge in [0.25, 0.3) is 0 Å². The highest BCUT2D eigenvalue weighted by Crippen LogP contribution is 2.12. The molecule has 0 saturated carbocycles. The second kappa shape index (κ2) is 6.61. The van der Waals surface area contributed by atoms with E-state index in [0.717, 1.165) is 23.7 Å². The first-order valence-electron chi connectivity index (χ1n) is 5.63. The summed E-state index contributed by atoms with van der Waals surface area (Å²) in [5.41, 5.74) is 0. The van der Waals surface area contributed by atoms with Gasteiger partial charge in [0.2, 0.25) is 0 Å². The van der Waals surface area contributed by atoms with E-state index in [1.54, 1.807) is 11.8 Å². The molecule has 0 bridgehead atoms. The van der Waals surface area contributed by atoms with E-state index in [4.69, 9.17) is 17.0 Å². The van der Waals surface area contributed by atoms with Gasteiger partial charge >= 0.3 is 0 Å². The van der Waals surface area contributed by atoms with Crippen LogP contribution in [0.2, 0.25) is 0 Å². The zero-order valence-corrected chi connectivity index (χ0v) is 11.8. The van der Waals surface area contributed by atoms with Crippen molar-refractivity contribution in [3.63, 3.8) is 0 Å².